The normalized spacial score (nSPS) is 27.2. The SMILES string of the molecule is COCC(=O)NCC[C@]12CCO[C@H]1CCN(Cc1cc(C)on1)C2. The van der Waals surface area contributed by atoms with Crippen molar-refractivity contribution in [2.24, 2.45) is 5.41 Å². The Balaban J connectivity index is 1.57. The second-order valence-electron chi connectivity index (χ2n) is 6.93. The van der Waals surface area contributed by atoms with Crippen LogP contribution in [0, 0.1) is 12.3 Å². The molecule has 2 saturated heterocycles. The zero-order chi connectivity index (χ0) is 17.0. The highest BCUT2D eigenvalue weighted by atomic mass is 16.5. The summed E-state index contributed by atoms with van der Waals surface area (Å²) in [6.07, 6.45) is 3.31. The van der Waals surface area contributed by atoms with Gasteiger partial charge in [-0.2, -0.15) is 0 Å². The molecule has 1 aromatic rings. The first-order valence-corrected chi connectivity index (χ1v) is 8.63. The van der Waals surface area contributed by atoms with Crippen molar-refractivity contribution in [2.45, 2.75) is 38.8 Å². The summed E-state index contributed by atoms with van der Waals surface area (Å²) in [7, 11) is 1.53. The molecule has 0 radical (unpaired) electrons. The first-order valence-electron chi connectivity index (χ1n) is 8.63. The Kier molecular flexibility index (Phi) is 5.53. The van der Waals surface area contributed by atoms with E-state index in [0.29, 0.717) is 12.6 Å². The topological polar surface area (TPSA) is 76.8 Å². The Morgan fingerprint density at radius 3 is 3.21 bits per heavy atom. The van der Waals surface area contributed by atoms with Crippen LogP contribution in [-0.4, -0.2) is 62.0 Å². The maximum atomic E-state index is 11.6. The first kappa shape index (κ1) is 17.4. The van der Waals surface area contributed by atoms with E-state index in [1.54, 1.807) is 0 Å². The Hall–Kier alpha value is -1.44. The molecule has 2 atom stereocenters. The van der Waals surface area contributed by atoms with Crippen molar-refractivity contribution < 1.29 is 18.8 Å². The molecule has 2 aliphatic rings. The van der Waals surface area contributed by atoms with Crippen LogP contribution in [0.3, 0.4) is 0 Å². The third-order valence-corrected chi connectivity index (χ3v) is 5.13. The standard InChI is InChI=1S/C17H27N3O4/c1-13-9-14(19-24-13)10-20-7-3-15-17(12-20,5-8-23-15)4-6-18-16(21)11-22-2/h9,15H,3-8,10-12H2,1-2H3,(H,18,21)/t15-,17+/m0/s1. The highest BCUT2D eigenvalue weighted by Gasteiger charge is 2.47. The molecule has 0 bridgehead atoms. The number of carbonyl (C=O) groups excluding carboxylic acids is 1. The maximum absolute atomic E-state index is 11.6. The zero-order valence-corrected chi connectivity index (χ0v) is 14.5. The van der Waals surface area contributed by atoms with E-state index in [2.05, 4.69) is 15.4 Å². The summed E-state index contributed by atoms with van der Waals surface area (Å²) in [4.78, 5) is 14.0. The number of likely N-dealkylation sites (tertiary alicyclic amines) is 1. The van der Waals surface area contributed by atoms with Gasteiger partial charge < -0.3 is 19.3 Å². The molecule has 7 heteroatoms. The van der Waals surface area contributed by atoms with Gasteiger partial charge in [0.15, 0.2) is 0 Å². The van der Waals surface area contributed by atoms with Crippen molar-refractivity contribution in [1.29, 1.82) is 0 Å². The fourth-order valence-electron chi connectivity index (χ4n) is 3.99. The molecule has 0 aromatic carbocycles. The van der Waals surface area contributed by atoms with Gasteiger partial charge in [0.2, 0.25) is 5.91 Å². The third kappa shape index (κ3) is 3.96. The molecule has 0 aliphatic carbocycles. The number of piperidine rings is 1. The maximum Gasteiger partial charge on any atom is 0.245 e. The van der Waals surface area contributed by atoms with Gasteiger partial charge in [-0.05, 0) is 26.2 Å². The number of rotatable bonds is 7. The molecule has 3 heterocycles. The fourth-order valence-corrected chi connectivity index (χ4v) is 3.99. The number of aromatic nitrogens is 1. The summed E-state index contributed by atoms with van der Waals surface area (Å²) in [6.45, 7) is 6.30. The lowest BCUT2D eigenvalue weighted by Gasteiger charge is -2.43. The van der Waals surface area contributed by atoms with Crippen molar-refractivity contribution >= 4 is 5.91 Å². The lowest BCUT2D eigenvalue weighted by atomic mass is 9.74. The number of carbonyl (C=O) groups is 1. The van der Waals surface area contributed by atoms with Gasteiger partial charge in [0.05, 0.1) is 11.8 Å². The predicted octanol–water partition coefficient (Wildman–Crippen LogP) is 1.12. The minimum absolute atomic E-state index is 0.0601. The highest BCUT2D eigenvalue weighted by molar-refractivity contribution is 5.77. The summed E-state index contributed by atoms with van der Waals surface area (Å²) in [5.74, 6) is 0.787. The number of hydrogen-bond acceptors (Lipinski definition) is 6. The number of nitrogens with zero attached hydrogens (tertiary/aromatic N) is 2. The molecule has 0 unspecified atom stereocenters. The van der Waals surface area contributed by atoms with Crippen molar-refractivity contribution in [3.05, 3.63) is 17.5 Å². The molecule has 7 nitrogen and oxygen atoms in total. The average Bonchev–Trinajstić information content (AvgIpc) is 3.13. The summed E-state index contributed by atoms with van der Waals surface area (Å²) in [5.41, 5.74) is 1.10. The molecule has 1 N–H and O–H groups in total. The number of aryl methyl sites for hydroxylation is 1. The Labute approximate surface area is 142 Å². The molecule has 0 spiro atoms. The van der Waals surface area contributed by atoms with Gasteiger partial charge in [-0.15, -0.1) is 0 Å². The van der Waals surface area contributed by atoms with Crippen molar-refractivity contribution in [3.63, 3.8) is 0 Å². The molecular weight excluding hydrogens is 310 g/mol. The van der Waals surface area contributed by atoms with Gasteiger partial charge in [-0.25, -0.2) is 0 Å². The van der Waals surface area contributed by atoms with Gasteiger partial charge in [-0.1, -0.05) is 5.16 Å². The number of amides is 1. The molecule has 1 aromatic heterocycles. The molecular formula is C17H27N3O4. The molecule has 134 valence electrons. The Morgan fingerprint density at radius 1 is 1.58 bits per heavy atom. The van der Waals surface area contributed by atoms with Crippen LogP contribution in [-0.2, 0) is 20.8 Å². The lowest BCUT2D eigenvalue weighted by Crippen LogP contribution is -2.50. The zero-order valence-electron chi connectivity index (χ0n) is 14.5. The lowest BCUT2D eigenvalue weighted by molar-refractivity contribution is -0.125. The first-order chi connectivity index (χ1) is 11.6. The minimum Gasteiger partial charge on any atom is -0.378 e. The fraction of sp³-hybridized carbons (Fsp3) is 0.765. The van der Waals surface area contributed by atoms with Crippen LogP contribution in [0.15, 0.2) is 10.6 Å². The van der Waals surface area contributed by atoms with E-state index in [9.17, 15) is 4.79 Å². The van der Waals surface area contributed by atoms with E-state index in [1.165, 1.54) is 7.11 Å². The number of ether oxygens (including phenoxy) is 2. The molecule has 2 fully saturated rings. The summed E-state index contributed by atoms with van der Waals surface area (Å²) in [5, 5.41) is 7.05. The number of nitrogens with one attached hydrogen (secondary N) is 1. The van der Waals surface area contributed by atoms with Crippen LogP contribution < -0.4 is 5.32 Å². The van der Waals surface area contributed by atoms with Crippen molar-refractivity contribution in [2.75, 3.05) is 40.0 Å². The van der Waals surface area contributed by atoms with Crippen molar-refractivity contribution in [3.8, 4) is 0 Å². The second kappa shape index (κ2) is 7.63. The van der Waals surface area contributed by atoms with Crippen LogP contribution in [0.25, 0.3) is 0 Å². The monoisotopic (exact) mass is 337 g/mol. The molecule has 1 amide bonds. The van der Waals surface area contributed by atoms with E-state index in [1.807, 2.05) is 13.0 Å². The molecule has 3 rings (SSSR count). The smallest absolute Gasteiger partial charge is 0.245 e. The Morgan fingerprint density at radius 2 is 2.46 bits per heavy atom. The Bertz CT molecular complexity index is 562. The van der Waals surface area contributed by atoms with E-state index in [-0.39, 0.29) is 17.9 Å². The number of fused-ring (bicyclic) bond motifs is 1. The van der Waals surface area contributed by atoms with Gasteiger partial charge in [0.25, 0.3) is 0 Å². The van der Waals surface area contributed by atoms with Crippen LogP contribution in [0.2, 0.25) is 0 Å². The number of methoxy groups -OCH3 is 1. The summed E-state index contributed by atoms with van der Waals surface area (Å²) in [6, 6.07) is 1.99. The predicted molar refractivity (Wildman–Crippen MR) is 87.4 cm³/mol. The van der Waals surface area contributed by atoms with Gasteiger partial charge >= 0.3 is 0 Å². The summed E-state index contributed by atoms with van der Waals surface area (Å²) < 4.78 is 16.0. The van der Waals surface area contributed by atoms with E-state index in [4.69, 9.17) is 14.0 Å². The van der Waals surface area contributed by atoms with Crippen LogP contribution in [0.1, 0.15) is 30.7 Å². The second-order valence-corrected chi connectivity index (χ2v) is 6.93. The molecule has 0 saturated carbocycles. The third-order valence-electron chi connectivity index (χ3n) is 5.13. The number of hydrogen-bond donors (Lipinski definition) is 1. The van der Waals surface area contributed by atoms with Gasteiger partial charge in [0, 0.05) is 51.4 Å². The quantitative estimate of drug-likeness (QED) is 0.803. The van der Waals surface area contributed by atoms with Gasteiger partial charge in [-0.3, -0.25) is 9.69 Å². The van der Waals surface area contributed by atoms with E-state index < -0.39 is 0 Å². The minimum atomic E-state index is -0.0601. The van der Waals surface area contributed by atoms with Crippen molar-refractivity contribution in [1.82, 2.24) is 15.4 Å². The molecule has 2 aliphatic heterocycles. The van der Waals surface area contributed by atoms with Crippen LogP contribution in [0.5, 0.6) is 0 Å². The average molecular weight is 337 g/mol. The van der Waals surface area contributed by atoms with Crippen LogP contribution >= 0.6 is 0 Å². The summed E-state index contributed by atoms with van der Waals surface area (Å²) >= 11 is 0. The van der Waals surface area contributed by atoms with E-state index in [0.717, 1.165) is 57.0 Å². The molecule has 24 heavy (non-hydrogen) atoms. The van der Waals surface area contributed by atoms with E-state index >= 15 is 0 Å². The highest BCUT2D eigenvalue weighted by Crippen LogP contribution is 2.43. The largest absolute Gasteiger partial charge is 0.378 e. The van der Waals surface area contributed by atoms with Crippen LogP contribution in [0.4, 0.5) is 0 Å². The van der Waals surface area contributed by atoms with Gasteiger partial charge in [0.1, 0.15) is 12.4 Å².